The molecule has 1 N–H and O–H groups in total. The zero-order chi connectivity index (χ0) is 22.0. The summed E-state index contributed by atoms with van der Waals surface area (Å²) in [6, 6.07) is 12.6. The minimum atomic E-state index is 0.847. The average Bonchev–Trinajstić information content (AvgIpc) is 2.87. The lowest BCUT2D eigenvalue weighted by Gasteiger charge is -2.37. The van der Waals surface area contributed by atoms with E-state index in [1.165, 1.54) is 5.69 Å². The first-order valence-corrected chi connectivity index (χ1v) is 11.9. The number of aliphatic imine (C=N–C) groups is 1. The highest BCUT2D eigenvalue weighted by molar-refractivity contribution is 5.80. The largest absolute Gasteiger partial charge is 0.368 e. The van der Waals surface area contributed by atoms with Crippen LogP contribution in [0.2, 0.25) is 0 Å². The Morgan fingerprint density at radius 1 is 0.875 bits per heavy atom. The lowest BCUT2D eigenvalue weighted by molar-refractivity contribution is 0.255. The van der Waals surface area contributed by atoms with Crippen LogP contribution in [0.15, 0.2) is 53.8 Å². The van der Waals surface area contributed by atoms with Gasteiger partial charge in [-0.05, 0) is 31.5 Å². The molecule has 0 atom stereocenters. The van der Waals surface area contributed by atoms with Gasteiger partial charge in [-0.15, -0.1) is 0 Å². The predicted molar refractivity (Wildman–Crippen MR) is 132 cm³/mol. The number of para-hydroxylation sites is 1. The molecule has 0 unspecified atom stereocenters. The number of hydrogen-bond acceptors (Lipinski definition) is 6. The number of aromatic nitrogens is 2. The maximum Gasteiger partial charge on any atom is 0.225 e. The van der Waals surface area contributed by atoms with Crippen LogP contribution in [0.5, 0.6) is 0 Å². The van der Waals surface area contributed by atoms with Crippen LogP contribution in [-0.4, -0.2) is 97.7 Å². The number of nitrogens with zero attached hydrogens (tertiary/aromatic N) is 7. The number of nitrogens with one attached hydrogen (secondary N) is 1. The van der Waals surface area contributed by atoms with E-state index in [0.717, 1.165) is 90.3 Å². The van der Waals surface area contributed by atoms with Crippen LogP contribution in [0.3, 0.4) is 0 Å². The van der Waals surface area contributed by atoms with Crippen LogP contribution in [-0.2, 0) is 0 Å². The second-order valence-electron chi connectivity index (χ2n) is 8.28. The fourth-order valence-electron chi connectivity index (χ4n) is 4.35. The van der Waals surface area contributed by atoms with E-state index in [4.69, 9.17) is 4.99 Å². The minimum absolute atomic E-state index is 0.847. The van der Waals surface area contributed by atoms with Gasteiger partial charge in [-0.2, -0.15) is 0 Å². The molecule has 8 nitrogen and oxygen atoms in total. The van der Waals surface area contributed by atoms with Gasteiger partial charge < -0.3 is 20.0 Å². The molecular formula is C24H36N8. The normalized spacial score (nSPS) is 18.2. The monoisotopic (exact) mass is 436 g/mol. The standard InChI is InChI=1S/C24H36N8/c1-2-25-23(32-20-18-30(19-21-32)22-8-4-3-5-9-22)28-12-7-13-29-14-16-31(17-15-29)24-26-10-6-11-27-24/h3-6,8-11H,2,7,12-21H2,1H3,(H,25,28). The zero-order valence-electron chi connectivity index (χ0n) is 19.2. The summed E-state index contributed by atoms with van der Waals surface area (Å²) >= 11 is 0. The summed E-state index contributed by atoms with van der Waals surface area (Å²) in [7, 11) is 0. The Labute approximate surface area is 192 Å². The number of benzene rings is 1. The van der Waals surface area contributed by atoms with E-state index in [0.29, 0.717) is 0 Å². The first-order valence-electron chi connectivity index (χ1n) is 11.9. The maximum atomic E-state index is 4.94. The second kappa shape index (κ2) is 11.7. The van der Waals surface area contributed by atoms with E-state index in [9.17, 15) is 0 Å². The number of guanidine groups is 1. The summed E-state index contributed by atoms with van der Waals surface area (Å²) in [5.74, 6) is 1.91. The molecule has 0 bridgehead atoms. The molecule has 0 radical (unpaired) electrons. The molecule has 2 aliphatic rings. The van der Waals surface area contributed by atoms with Crippen LogP contribution in [0.1, 0.15) is 13.3 Å². The van der Waals surface area contributed by atoms with Crippen LogP contribution >= 0.6 is 0 Å². The number of piperazine rings is 2. The first kappa shape index (κ1) is 22.3. The Morgan fingerprint density at radius 3 is 2.25 bits per heavy atom. The number of hydrogen-bond donors (Lipinski definition) is 1. The van der Waals surface area contributed by atoms with Gasteiger partial charge in [-0.25, -0.2) is 9.97 Å². The smallest absolute Gasteiger partial charge is 0.225 e. The van der Waals surface area contributed by atoms with Crippen molar-refractivity contribution in [3.8, 4) is 0 Å². The number of anilines is 2. The predicted octanol–water partition coefficient (Wildman–Crippen LogP) is 1.78. The average molecular weight is 437 g/mol. The van der Waals surface area contributed by atoms with Crippen LogP contribution < -0.4 is 15.1 Å². The summed E-state index contributed by atoms with van der Waals surface area (Å²) in [6.07, 6.45) is 4.72. The van der Waals surface area contributed by atoms with Crippen LogP contribution in [0, 0.1) is 0 Å². The zero-order valence-corrected chi connectivity index (χ0v) is 19.2. The Balaban J connectivity index is 1.19. The van der Waals surface area contributed by atoms with Crippen molar-refractivity contribution in [2.24, 2.45) is 4.99 Å². The van der Waals surface area contributed by atoms with Crippen molar-refractivity contribution in [1.29, 1.82) is 0 Å². The fraction of sp³-hybridized carbons (Fsp3) is 0.542. The van der Waals surface area contributed by atoms with Crippen molar-refractivity contribution in [2.75, 3.05) is 81.8 Å². The van der Waals surface area contributed by atoms with Crippen LogP contribution in [0.25, 0.3) is 0 Å². The Morgan fingerprint density at radius 2 is 1.56 bits per heavy atom. The molecule has 1 aromatic heterocycles. The van der Waals surface area contributed by atoms with E-state index >= 15 is 0 Å². The van der Waals surface area contributed by atoms with Crippen molar-refractivity contribution >= 4 is 17.6 Å². The van der Waals surface area contributed by atoms with Crippen molar-refractivity contribution in [1.82, 2.24) is 25.1 Å². The molecule has 2 aromatic rings. The molecule has 2 saturated heterocycles. The highest BCUT2D eigenvalue weighted by Crippen LogP contribution is 2.15. The van der Waals surface area contributed by atoms with E-state index in [1.807, 2.05) is 18.5 Å². The summed E-state index contributed by atoms with van der Waals surface area (Å²) in [5, 5.41) is 3.49. The highest BCUT2D eigenvalue weighted by Gasteiger charge is 2.20. The van der Waals surface area contributed by atoms with Gasteiger partial charge in [0, 0.05) is 90.1 Å². The lowest BCUT2D eigenvalue weighted by Crippen LogP contribution is -2.52. The molecule has 8 heteroatoms. The van der Waals surface area contributed by atoms with E-state index in [2.05, 4.69) is 72.1 Å². The van der Waals surface area contributed by atoms with Gasteiger partial charge in [0.25, 0.3) is 0 Å². The molecule has 0 aliphatic carbocycles. The Bertz CT molecular complexity index is 812. The van der Waals surface area contributed by atoms with Crippen molar-refractivity contribution in [2.45, 2.75) is 13.3 Å². The molecule has 2 fully saturated rings. The Hall–Kier alpha value is -2.87. The quantitative estimate of drug-likeness (QED) is 0.403. The van der Waals surface area contributed by atoms with Gasteiger partial charge in [0.1, 0.15) is 0 Å². The van der Waals surface area contributed by atoms with Gasteiger partial charge in [-0.1, -0.05) is 18.2 Å². The fourth-order valence-corrected chi connectivity index (χ4v) is 4.35. The maximum absolute atomic E-state index is 4.94. The van der Waals surface area contributed by atoms with E-state index in [-0.39, 0.29) is 0 Å². The summed E-state index contributed by atoms with van der Waals surface area (Å²) in [6.45, 7) is 13.2. The van der Waals surface area contributed by atoms with Crippen LogP contribution in [0.4, 0.5) is 11.6 Å². The SMILES string of the molecule is CCNC(=NCCCN1CCN(c2ncccn2)CC1)N1CCN(c2ccccc2)CC1. The third-order valence-corrected chi connectivity index (χ3v) is 6.14. The summed E-state index contributed by atoms with van der Waals surface area (Å²) in [5.41, 5.74) is 1.31. The van der Waals surface area contributed by atoms with Gasteiger partial charge in [0.15, 0.2) is 5.96 Å². The second-order valence-corrected chi connectivity index (χ2v) is 8.28. The summed E-state index contributed by atoms with van der Waals surface area (Å²) in [4.78, 5) is 23.3. The molecule has 0 spiro atoms. The van der Waals surface area contributed by atoms with Crippen molar-refractivity contribution < 1.29 is 0 Å². The molecule has 172 valence electrons. The summed E-state index contributed by atoms with van der Waals surface area (Å²) < 4.78 is 0. The van der Waals surface area contributed by atoms with E-state index < -0.39 is 0 Å². The third-order valence-electron chi connectivity index (χ3n) is 6.14. The topological polar surface area (TPSA) is 63.1 Å². The molecule has 3 heterocycles. The molecule has 1 aromatic carbocycles. The molecule has 0 amide bonds. The lowest BCUT2D eigenvalue weighted by atomic mass is 10.2. The first-order chi connectivity index (χ1) is 15.8. The minimum Gasteiger partial charge on any atom is -0.368 e. The van der Waals surface area contributed by atoms with Gasteiger partial charge >= 0.3 is 0 Å². The van der Waals surface area contributed by atoms with Gasteiger partial charge in [-0.3, -0.25) is 9.89 Å². The molecular weight excluding hydrogens is 400 g/mol. The van der Waals surface area contributed by atoms with Gasteiger partial charge in [0.2, 0.25) is 5.95 Å². The third kappa shape index (κ3) is 6.09. The highest BCUT2D eigenvalue weighted by atomic mass is 15.3. The Kier molecular flexibility index (Phi) is 8.14. The van der Waals surface area contributed by atoms with E-state index in [1.54, 1.807) is 0 Å². The number of rotatable bonds is 7. The van der Waals surface area contributed by atoms with Gasteiger partial charge in [0.05, 0.1) is 0 Å². The van der Waals surface area contributed by atoms with Crippen molar-refractivity contribution in [3.05, 3.63) is 48.8 Å². The van der Waals surface area contributed by atoms with Crippen molar-refractivity contribution in [3.63, 3.8) is 0 Å². The molecule has 2 aliphatic heterocycles. The molecule has 32 heavy (non-hydrogen) atoms. The molecule has 0 saturated carbocycles. The molecule has 4 rings (SSSR count).